The Hall–Kier alpha value is 0.610. The summed E-state index contributed by atoms with van der Waals surface area (Å²) in [5.41, 5.74) is 0. The van der Waals surface area contributed by atoms with Gasteiger partial charge in [-0.05, 0) is 34.6 Å². The summed E-state index contributed by atoms with van der Waals surface area (Å²) in [6.07, 6.45) is 0.662. The van der Waals surface area contributed by atoms with Gasteiger partial charge in [-0.2, -0.15) is 0 Å². The fraction of sp³-hybridized carbons (Fsp3) is 1.00. The molecule has 4 heteroatoms. The van der Waals surface area contributed by atoms with Crippen LogP contribution in [0.15, 0.2) is 0 Å². The van der Waals surface area contributed by atoms with Crippen LogP contribution in [0, 0.1) is 0 Å². The number of ether oxygens (including phenoxy) is 2. The molecule has 0 radical (unpaired) electrons. The minimum Gasteiger partial charge on any atom is -1.00 e. The molecule has 0 bridgehead atoms. The summed E-state index contributed by atoms with van der Waals surface area (Å²) in [6, 6.07) is 0. The smallest absolute Gasteiger partial charge is 0.102 e. The van der Waals surface area contributed by atoms with Crippen molar-refractivity contribution < 1.29 is 37.9 Å². The van der Waals surface area contributed by atoms with Crippen molar-refractivity contribution >= 4 is 0 Å². The standard InChI is InChI=1S/C13H30NO2.HI/c1-7-14(6,8-10-15-12(2)3)9-11-16-13(4)5;/h12-13H,7-11H2,1-6H3;1H/q+1;/p-1. The average molecular weight is 359 g/mol. The fourth-order valence-electron chi connectivity index (χ4n) is 1.45. The van der Waals surface area contributed by atoms with Gasteiger partial charge in [-0.1, -0.05) is 0 Å². The van der Waals surface area contributed by atoms with Crippen molar-refractivity contribution in [3.8, 4) is 0 Å². The van der Waals surface area contributed by atoms with Gasteiger partial charge >= 0.3 is 0 Å². The van der Waals surface area contributed by atoms with Gasteiger partial charge in [0, 0.05) is 0 Å². The molecule has 0 saturated carbocycles. The maximum absolute atomic E-state index is 5.61. The molecule has 0 aliphatic rings. The lowest BCUT2D eigenvalue weighted by atomic mass is 10.3. The van der Waals surface area contributed by atoms with E-state index in [1.165, 1.54) is 0 Å². The van der Waals surface area contributed by atoms with Crippen LogP contribution in [0.1, 0.15) is 34.6 Å². The molecule has 0 spiro atoms. The van der Waals surface area contributed by atoms with Gasteiger partial charge < -0.3 is 37.9 Å². The molecule has 0 saturated heterocycles. The van der Waals surface area contributed by atoms with Crippen LogP contribution >= 0.6 is 0 Å². The lowest BCUT2D eigenvalue weighted by Crippen LogP contribution is -3.00. The zero-order chi connectivity index (χ0) is 12.6. The van der Waals surface area contributed by atoms with Crippen LogP contribution in [0.2, 0.25) is 0 Å². The van der Waals surface area contributed by atoms with Crippen LogP contribution in [-0.4, -0.2) is 56.6 Å². The SMILES string of the molecule is CC[N+](C)(CCOC(C)C)CCOC(C)C.[I-]. The van der Waals surface area contributed by atoms with Crippen molar-refractivity contribution in [3.63, 3.8) is 0 Å². The van der Waals surface area contributed by atoms with Crippen LogP contribution in [0.4, 0.5) is 0 Å². The molecule has 0 aromatic heterocycles. The molecule has 3 nitrogen and oxygen atoms in total. The molecule has 0 heterocycles. The zero-order valence-corrected chi connectivity index (χ0v) is 14.5. The summed E-state index contributed by atoms with van der Waals surface area (Å²) in [6.45, 7) is 15.5. The number of halogens is 1. The Morgan fingerprint density at radius 2 is 1.24 bits per heavy atom. The van der Waals surface area contributed by atoms with E-state index < -0.39 is 0 Å². The van der Waals surface area contributed by atoms with Crippen LogP contribution in [0.3, 0.4) is 0 Å². The summed E-state index contributed by atoms with van der Waals surface area (Å²) in [5, 5.41) is 0. The molecule has 0 aliphatic heterocycles. The number of likely N-dealkylation sites (N-methyl/N-ethyl adjacent to an activating group) is 1. The highest BCUT2D eigenvalue weighted by Crippen LogP contribution is 2.03. The monoisotopic (exact) mass is 359 g/mol. The minimum absolute atomic E-state index is 0. The summed E-state index contributed by atoms with van der Waals surface area (Å²) < 4.78 is 12.2. The third-order valence-electron chi connectivity index (χ3n) is 2.93. The van der Waals surface area contributed by atoms with E-state index in [-0.39, 0.29) is 24.0 Å². The number of hydrogen-bond acceptors (Lipinski definition) is 2. The molecule has 0 atom stereocenters. The van der Waals surface area contributed by atoms with Crippen molar-refractivity contribution in [1.29, 1.82) is 0 Å². The summed E-state index contributed by atoms with van der Waals surface area (Å²) in [4.78, 5) is 0. The maximum Gasteiger partial charge on any atom is 0.102 e. The largest absolute Gasteiger partial charge is 1.00 e. The van der Waals surface area contributed by atoms with Crippen LogP contribution in [0.25, 0.3) is 0 Å². The number of hydrogen-bond donors (Lipinski definition) is 0. The van der Waals surface area contributed by atoms with Gasteiger partial charge in [0.05, 0.1) is 39.0 Å². The lowest BCUT2D eigenvalue weighted by Gasteiger charge is -2.33. The van der Waals surface area contributed by atoms with Gasteiger partial charge in [-0.25, -0.2) is 0 Å². The fourth-order valence-corrected chi connectivity index (χ4v) is 1.45. The van der Waals surface area contributed by atoms with E-state index in [1.54, 1.807) is 0 Å². The Labute approximate surface area is 124 Å². The van der Waals surface area contributed by atoms with Crippen molar-refractivity contribution in [3.05, 3.63) is 0 Å². The van der Waals surface area contributed by atoms with Gasteiger partial charge in [0.25, 0.3) is 0 Å². The van der Waals surface area contributed by atoms with Gasteiger partial charge in [-0.15, -0.1) is 0 Å². The highest BCUT2D eigenvalue weighted by molar-refractivity contribution is 4.43. The predicted octanol–water partition coefficient (Wildman–Crippen LogP) is -0.693. The van der Waals surface area contributed by atoms with Crippen molar-refractivity contribution in [2.75, 3.05) is 39.9 Å². The van der Waals surface area contributed by atoms with Gasteiger partial charge in [0.15, 0.2) is 0 Å². The molecule has 0 fully saturated rings. The minimum atomic E-state index is 0. The van der Waals surface area contributed by atoms with Crippen LogP contribution < -0.4 is 24.0 Å². The second kappa shape index (κ2) is 10.5. The first-order valence-corrected chi connectivity index (χ1v) is 6.46. The molecule has 106 valence electrons. The Balaban J connectivity index is 0. The van der Waals surface area contributed by atoms with E-state index in [9.17, 15) is 0 Å². The first-order valence-electron chi connectivity index (χ1n) is 6.46. The summed E-state index contributed by atoms with van der Waals surface area (Å²) in [7, 11) is 2.27. The van der Waals surface area contributed by atoms with Gasteiger partial charge in [0.2, 0.25) is 0 Å². The molecule has 0 N–H and O–H groups in total. The average Bonchev–Trinajstić information content (AvgIpc) is 2.16. The van der Waals surface area contributed by atoms with Crippen molar-refractivity contribution in [1.82, 2.24) is 0 Å². The van der Waals surface area contributed by atoms with E-state index in [1.807, 2.05) is 0 Å². The normalized spacial score (nSPS) is 12.0. The van der Waals surface area contributed by atoms with E-state index >= 15 is 0 Å². The Kier molecular flexibility index (Phi) is 12.3. The van der Waals surface area contributed by atoms with E-state index in [2.05, 4.69) is 41.7 Å². The highest BCUT2D eigenvalue weighted by atomic mass is 127. The molecule has 0 aromatic rings. The van der Waals surface area contributed by atoms with Crippen LogP contribution in [0.5, 0.6) is 0 Å². The molecule has 0 amide bonds. The van der Waals surface area contributed by atoms with Gasteiger partial charge in [-0.3, -0.25) is 0 Å². The molecular formula is C13H30INO2. The van der Waals surface area contributed by atoms with E-state index in [0.29, 0.717) is 12.2 Å². The maximum atomic E-state index is 5.61. The zero-order valence-electron chi connectivity index (χ0n) is 12.3. The topological polar surface area (TPSA) is 18.5 Å². The second-order valence-electron chi connectivity index (χ2n) is 5.22. The molecule has 0 unspecified atom stereocenters. The third kappa shape index (κ3) is 11.4. The lowest BCUT2D eigenvalue weighted by molar-refractivity contribution is -0.908. The number of nitrogens with zero attached hydrogens (tertiary/aromatic N) is 1. The second-order valence-corrected chi connectivity index (χ2v) is 5.22. The summed E-state index contributed by atoms with van der Waals surface area (Å²) in [5.74, 6) is 0. The molecule has 0 aromatic carbocycles. The third-order valence-corrected chi connectivity index (χ3v) is 2.93. The first kappa shape index (κ1) is 19.9. The highest BCUT2D eigenvalue weighted by Gasteiger charge is 2.19. The van der Waals surface area contributed by atoms with Crippen molar-refractivity contribution in [2.45, 2.75) is 46.8 Å². The van der Waals surface area contributed by atoms with Crippen molar-refractivity contribution in [2.24, 2.45) is 0 Å². The van der Waals surface area contributed by atoms with E-state index in [0.717, 1.165) is 37.3 Å². The molecule has 0 aliphatic carbocycles. The molecule has 0 rings (SSSR count). The molecule has 17 heavy (non-hydrogen) atoms. The first-order chi connectivity index (χ1) is 7.39. The Morgan fingerprint density at radius 3 is 1.47 bits per heavy atom. The Bertz CT molecular complexity index is 161. The predicted molar refractivity (Wildman–Crippen MR) is 68.6 cm³/mol. The van der Waals surface area contributed by atoms with Gasteiger partial charge in [0.1, 0.15) is 13.1 Å². The van der Waals surface area contributed by atoms with Crippen LogP contribution in [-0.2, 0) is 9.47 Å². The van der Waals surface area contributed by atoms with E-state index in [4.69, 9.17) is 9.47 Å². The molecular weight excluding hydrogens is 329 g/mol. The summed E-state index contributed by atoms with van der Waals surface area (Å²) >= 11 is 0. The quantitative estimate of drug-likeness (QED) is 0.401. The number of quaternary nitrogens is 1. The Morgan fingerprint density at radius 1 is 0.882 bits per heavy atom. The number of rotatable bonds is 9.